The Morgan fingerprint density at radius 1 is 1.13 bits per heavy atom. The molecule has 0 amide bonds. The summed E-state index contributed by atoms with van der Waals surface area (Å²) < 4.78 is 0. The first-order chi connectivity index (χ1) is 7.16. The fourth-order valence-corrected chi connectivity index (χ4v) is 1.57. The number of fused-ring (bicyclic) bond motifs is 1. The Balaban J connectivity index is 2.52. The van der Waals surface area contributed by atoms with Crippen LogP contribution in [0, 0.1) is 0 Å². The van der Waals surface area contributed by atoms with Crippen molar-refractivity contribution in [2.24, 2.45) is 0 Å². The average Bonchev–Trinajstić information content (AvgIpc) is 2.18. The molecular formula is C11H12BNO2. The molecule has 3 nitrogen and oxygen atoms in total. The Morgan fingerprint density at radius 2 is 1.73 bits per heavy atom. The van der Waals surface area contributed by atoms with Crippen molar-refractivity contribution in [1.82, 2.24) is 0 Å². The highest BCUT2D eigenvalue weighted by molar-refractivity contribution is 6.53. The fraction of sp³-hybridized carbons (Fsp3) is 0.0909. The van der Waals surface area contributed by atoms with E-state index in [4.69, 9.17) is 0 Å². The van der Waals surface area contributed by atoms with Gasteiger partial charge in [0.1, 0.15) is 5.75 Å². The lowest BCUT2D eigenvalue weighted by Crippen LogP contribution is -2.19. The van der Waals surface area contributed by atoms with E-state index in [1.54, 1.807) is 12.9 Å². The fourth-order valence-electron chi connectivity index (χ4n) is 1.57. The van der Waals surface area contributed by atoms with Crippen LogP contribution in [0.15, 0.2) is 36.4 Å². The van der Waals surface area contributed by atoms with E-state index < -0.39 is 7.05 Å². The van der Waals surface area contributed by atoms with Gasteiger partial charge >= 0.3 is 7.05 Å². The summed E-state index contributed by atoms with van der Waals surface area (Å²) in [4.78, 5) is 0. The molecule has 2 aromatic rings. The second-order valence-electron chi connectivity index (χ2n) is 3.54. The van der Waals surface area contributed by atoms with Crippen molar-refractivity contribution in [2.45, 2.75) is 6.82 Å². The van der Waals surface area contributed by atoms with E-state index in [9.17, 15) is 10.1 Å². The number of aromatic hydroxyl groups is 1. The van der Waals surface area contributed by atoms with Gasteiger partial charge in [0.25, 0.3) is 0 Å². The Morgan fingerprint density at radius 3 is 2.33 bits per heavy atom. The van der Waals surface area contributed by atoms with Crippen LogP contribution in [0.3, 0.4) is 0 Å². The molecule has 0 atom stereocenters. The molecule has 2 rings (SSSR count). The van der Waals surface area contributed by atoms with Crippen LogP contribution in [-0.4, -0.2) is 17.2 Å². The van der Waals surface area contributed by atoms with Crippen LogP contribution in [0.1, 0.15) is 0 Å². The van der Waals surface area contributed by atoms with Crippen LogP contribution in [0.2, 0.25) is 6.82 Å². The summed E-state index contributed by atoms with van der Waals surface area (Å²) in [7, 11) is -0.683. The number of hydrogen-bond donors (Lipinski definition) is 3. The smallest absolute Gasteiger partial charge is 0.406 e. The van der Waals surface area contributed by atoms with Gasteiger partial charge in [-0.25, -0.2) is 0 Å². The zero-order valence-corrected chi connectivity index (χ0v) is 8.44. The predicted octanol–water partition coefficient (Wildman–Crippen LogP) is 2.07. The molecule has 0 spiro atoms. The van der Waals surface area contributed by atoms with Gasteiger partial charge in [-0.15, -0.1) is 0 Å². The first-order valence-corrected chi connectivity index (χ1v) is 4.83. The first-order valence-electron chi connectivity index (χ1n) is 4.83. The van der Waals surface area contributed by atoms with Crippen molar-refractivity contribution in [1.29, 1.82) is 0 Å². The van der Waals surface area contributed by atoms with Crippen molar-refractivity contribution in [2.75, 3.05) is 5.23 Å². The van der Waals surface area contributed by atoms with Gasteiger partial charge in [0.15, 0.2) is 0 Å². The van der Waals surface area contributed by atoms with Crippen LogP contribution in [0.5, 0.6) is 5.75 Å². The van der Waals surface area contributed by atoms with E-state index in [1.807, 2.05) is 30.3 Å². The lowest BCUT2D eigenvalue weighted by molar-refractivity contribution is 0.478. The van der Waals surface area contributed by atoms with E-state index in [0.29, 0.717) is 5.69 Å². The molecule has 0 saturated heterocycles. The van der Waals surface area contributed by atoms with E-state index in [-0.39, 0.29) is 5.75 Å². The number of phenolic OH excluding ortho intramolecular Hbond substituents is 1. The molecule has 0 aromatic heterocycles. The zero-order valence-electron chi connectivity index (χ0n) is 8.44. The van der Waals surface area contributed by atoms with Crippen molar-refractivity contribution in [3.8, 4) is 5.75 Å². The highest BCUT2D eigenvalue weighted by atomic mass is 16.3. The third kappa shape index (κ3) is 2.05. The molecular weight excluding hydrogens is 189 g/mol. The van der Waals surface area contributed by atoms with E-state index in [0.717, 1.165) is 10.8 Å². The van der Waals surface area contributed by atoms with Crippen LogP contribution in [0.25, 0.3) is 10.8 Å². The highest BCUT2D eigenvalue weighted by Crippen LogP contribution is 2.29. The number of nitrogens with one attached hydrogen (secondary N) is 1. The van der Waals surface area contributed by atoms with Gasteiger partial charge in [-0.05, 0) is 29.7 Å². The van der Waals surface area contributed by atoms with Gasteiger partial charge < -0.3 is 15.4 Å². The van der Waals surface area contributed by atoms with Crippen LogP contribution < -0.4 is 5.23 Å². The van der Waals surface area contributed by atoms with Crippen molar-refractivity contribution < 1.29 is 10.1 Å². The summed E-state index contributed by atoms with van der Waals surface area (Å²) in [5, 5.41) is 23.6. The quantitative estimate of drug-likeness (QED) is 0.514. The maximum atomic E-state index is 9.68. The van der Waals surface area contributed by atoms with Crippen LogP contribution >= 0.6 is 0 Å². The molecule has 76 valence electrons. The molecule has 0 bridgehead atoms. The topological polar surface area (TPSA) is 52.5 Å². The molecule has 0 aliphatic heterocycles. The van der Waals surface area contributed by atoms with Gasteiger partial charge in [0.2, 0.25) is 0 Å². The summed E-state index contributed by atoms with van der Waals surface area (Å²) in [5.41, 5.74) is 0.545. The number of rotatable bonds is 2. The largest absolute Gasteiger partial charge is 0.506 e. The molecule has 0 saturated carbocycles. The minimum absolute atomic E-state index is 0.148. The van der Waals surface area contributed by atoms with E-state index >= 15 is 0 Å². The minimum atomic E-state index is -0.683. The normalized spacial score (nSPS) is 10.3. The highest BCUT2D eigenvalue weighted by Gasteiger charge is 2.07. The molecule has 0 aliphatic carbocycles. The maximum absolute atomic E-state index is 9.68. The van der Waals surface area contributed by atoms with Gasteiger partial charge in [-0.2, -0.15) is 0 Å². The summed E-state index contributed by atoms with van der Waals surface area (Å²) >= 11 is 0. The molecule has 3 N–H and O–H groups in total. The predicted molar refractivity (Wildman–Crippen MR) is 63.1 cm³/mol. The minimum Gasteiger partial charge on any atom is -0.506 e. The molecule has 0 radical (unpaired) electrons. The van der Waals surface area contributed by atoms with Crippen LogP contribution in [-0.2, 0) is 0 Å². The Bertz CT molecular complexity index is 485. The molecule has 0 aliphatic rings. The van der Waals surface area contributed by atoms with E-state index in [2.05, 4.69) is 5.23 Å². The second kappa shape index (κ2) is 3.83. The maximum Gasteiger partial charge on any atom is 0.406 e. The zero-order chi connectivity index (χ0) is 10.8. The molecule has 0 unspecified atom stereocenters. The standard InChI is InChI=1S/C11H12BNO2/c1-12(15)13-10-6-8-4-2-3-5-9(8)7-11(10)14/h2-7,13-15H,1H3. The molecule has 2 aromatic carbocycles. The Kier molecular flexibility index (Phi) is 2.52. The lowest BCUT2D eigenvalue weighted by atomic mass is 9.88. The average molecular weight is 201 g/mol. The third-order valence-electron chi connectivity index (χ3n) is 2.23. The lowest BCUT2D eigenvalue weighted by Gasteiger charge is -2.09. The molecule has 4 heteroatoms. The van der Waals surface area contributed by atoms with Crippen molar-refractivity contribution in [3.63, 3.8) is 0 Å². The number of hydrogen-bond acceptors (Lipinski definition) is 3. The van der Waals surface area contributed by atoms with Crippen molar-refractivity contribution in [3.05, 3.63) is 36.4 Å². The number of benzene rings is 2. The summed E-state index contributed by atoms with van der Waals surface area (Å²) in [6.45, 7) is 1.61. The van der Waals surface area contributed by atoms with Gasteiger partial charge in [0.05, 0.1) is 5.69 Å². The summed E-state index contributed by atoms with van der Waals surface area (Å²) in [5.74, 6) is 0.148. The Hall–Kier alpha value is -1.68. The second-order valence-corrected chi connectivity index (χ2v) is 3.54. The van der Waals surface area contributed by atoms with Gasteiger partial charge in [-0.3, -0.25) is 0 Å². The monoisotopic (exact) mass is 201 g/mol. The Labute approximate surface area is 88.5 Å². The molecule has 0 fully saturated rings. The molecule has 0 heterocycles. The number of phenols is 1. The summed E-state index contributed by atoms with van der Waals surface area (Å²) in [6, 6.07) is 11.2. The molecule has 15 heavy (non-hydrogen) atoms. The first kappa shape index (κ1) is 9.86. The third-order valence-corrected chi connectivity index (χ3v) is 2.23. The van der Waals surface area contributed by atoms with Gasteiger partial charge in [-0.1, -0.05) is 24.3 Å². The van der Waals surface area contributed by atoms with E-state index in [1.165, 1.54) is 0 Å². The SMILES string of the molecule is CB(O)Nc1cc2ccccc2cc1O. The van der Waals surface area contributed by atoms with Crippen LogP contribution in [0.4, 0.5) is 5.69 Å². The van der Waals surface area contributed by atoms with Crippen molar-refractivity contribution >= 4 is 23.5 Å². The van der Waals surface area contributed by atoms with Gasteiger partial charge in [0, 0.05) is 0 Å². The number of anilines is 1. The summed E-state index contributed by atoms with van der Waals surface area (Å²) in [6.07, 6.45) is 0.